The summed E-state index contributed by atoms with van der Waals surface area (Å²) in [5, 5.41) is 3.37. The third-order valence-corrected chi connectivity index (χ3v) is 5.75. The van der Waals surface area contributed by atoms with E-state index in [0.717, 1.165) is 29.0 Å². The summed E-state index contributed by atoms with van der Waals surface area (Å²) in [6.07, 6.45) is 2.38. The quantitative estimate of drug-likeness (QED) is 0.724. The number of aromatic nitrogens is 1. The monoisotopic (exact) mass is 380 g/mol. The number of nitrogens with one attached hydrogen (secondary N) is 1. The van der Waals surface area contributed by atoms with Gasteiger partial charge in [-0.25, -0.2) is 4.98 Å². The van der Waals surface area contributed by atoms with Crippen molar-refractivity contribution in [3.63, 3.8) is 0 Å². The maximum absolute atomic E-state index is 12.7. The van der Waals surface area contributed by atoms with E-state index in [2.05, 4.69) is 22.1 Å². The largest absolute Gasteiger partial charge is 0.371 e. The number of nitrogens with zero attached hydrogens (tertiary/aromatic N) is 2. The second-order valence-electron chi connectivity index (χ2n) is 6.72. The van der Waals surface area contributed by atoms with Crippen LogP contribution in [0.4, 0.5) is 10.8 Å². The molecule has 4 rings (SSSR count). The molecule has 0 radical (unpaired) electrons. The van der Waals surface area contributed by atoms with Crippen molar-refractivity contribution in [3.8, 4) is 0 Å². The van der Waals surface area contributed by atoms with E-state index in [1.807, 2.05) is 18.2 Å². The highest BCUT2D eigenvalue weighted by Gasteiger charge is 2.17. The van der Waals surface area contributed by atoms with E-state index < -0.39 is 5.91 Å². The minimum atomic E-state index is -0.481. The van der Waals surface area contributed by atoms with Crippen molar-refractivity contribution in [1.82, 2.24) is 4.98 Å². The number of carbonyl (C=O) groups is 2. The summed E-state index contributed by atoms with van der Waals surface area (Å²) >= 11 is 1.32. The highest BCUT2D eigenvalue weighted by Crippen LogP contribution is 2.29. The molecule has 0 bridgehead atoms. The fraction of sp³-hybridized carbons (Fsp3) is 0.250. The number of hydrogen-bond acceptors (Lipinski definition) is 5. The second-order valence-corrected chi connectivity index (χ2v) is 7.75. The van der Waals surface area contributed by atoms with E-state index in [9.17, 15) is 9.59 Å². The topological polar surface area (TPSA) is 88.3 Å². The maximum atomic E-state index is 12.7. The molecule has 1 saturated heterocycles. The summed E-state index contributed by atoms with van der Waals surface area (Å²) in [6, 6.07) is 10.8. The van der Waals surface area contributed by atoms with Crippen molar-refractivity contribution in [2.75, 3.05) is 23.3 Å². The molecule has 2 amide bonds. The lowest BCUT2D eigenvalue weighted by Gasteiger charge is -2.20. The normalized spacial score (nSPS) is 13.9. The highest BCUT2D eigenvalue weighted by molar-refractivity contribution is 7.22. The number of anilines is 2. The summed E-state index contributed by atoms with van der Waals surface area (Å²) in [5.41, 5.74) is 9.38. The molecule has 0 saturated carbocycles. The molecule has 7 heteroatoms. The number of carbonyl (C=O) groups excluding carboxylic acids is 2. The van der Waals surface area contributed by atoms with Gasteiger partial charge in [-0.15, -0.1) is 0 Å². The average Bonchev–Trinajstić information content (AvgIpc) is 3.30. The minimum absolute atomic E-state index is 0.190. The Kier molecular flexibility index (Phi) is 4.53. The fourth-order valence-corrected chi connectivity index (χ4v) is 4.25. The first-order chi connectivity index (χ1) is 13.0. The maximum Gasteiger partial charge on any atom is 0.257 e. The van der Waals surface area contributed by atoms with Crippen molar-refractivity contribution in [1.29, 1.82) is 0 Å². The van der Waals surface area contributed by atoms with E-state index in [1.165, 1.54) is 29.7 Å². The summed E-state index contributed by atoms with van der Waals surface area (Å²) < 4.78 is 0.809. The molecule has 3 N–H and O–H groups in total. The predicted octanol–water partition coefficient (Wildman–Crippen LogP) is 3.56. The van der Waals surface area contributed by atoms with Crippen LogP contribution in [-0.2, 0) is 0 Å². The highest BCUT2D eigenvalue weighted by atomic mass is 32.1. The van der Waals surface area contributed by atoms with Gasteiger partial charge in [-0.05, 0) is 55.7 Å². The molecule has 6 nitrogen and oxygen atoms in total. The molecule has 1 fully saturated rings. The number of amides is 2. The van der Waals surface area contributed by atoms with Gasteiger partial charge >= 0.3 is 0 Å². The second kappa shape index (κ2) is 7.00. The predicted molar refractivity (Wildman–Crippen MR) is 109 cm³/mol. The van der Waals surface area contributed by atoms with Gasteiger partial charge in [0.15, 0.2) is 5.13 Å². The Hall–Kier alpha value is -2.93. The fourth-order valence-electron chi connectivity index (χ4n) is 3.35. The van der Waals surface area contributed by atoms with Crippen LogP contribution in [0.15, 0.2) is 36.4 Å². The lowest BCUT2D eigenvalue weighted by Crippen LogP contribution is -2.20. The van der Waals surface area contributed by atoms with Crippen molar-refractivity contribution >= 4 is 44.2 Å². The molecule has 27 heavy (non-hydrogen) atoms. The molecule has 138 valence electrons. The van der Waals surface area contributed by atoms with Crippen LogP contribution in [0, 0.1) is 6.92 Å². The van der Waals surface area contributed by atoms with Crippen LogP contribution in [0.3, 0.4) is 0 Å². The molecular formula is C20H20N4O2S. The lowest BCUT2D eigenvalue weighted by molar-refractivity contribution is 0.0997. The number of primary amides is 1. The van der Waals surface area contributed by atoms with Gasteiger partial charge in [0.1, 0.15) is 0 Å². The van der Waals surface area contributed by atoms with Gasteiger partial charge in [-0.2, -0.15) is 0 Å². The minimum Gasteiger partial charge on any atom is -0.371 e. The zero-order valence-corrected chi connectivity index (χ0v) is 15.8. The Morgan fingerprint density at radius 3 is 2.59 bits per heavy atom. The van der Waals surface area contributed by atoms with Gasteiger partial charge < -0.3 is 10.6 Å². The number of hydrogen-bond donors (Lipinski definition) is 2. The van der Waals surface area contributed by atoms with E-state index in [1.54, 1.807) is 18.2 Å². The van der Waals surface area contributed by atoms with E-state index in [4.69, 9.17) is 5.73 Å². The van der Waals surface area contributed by atoms with Gasteiger partial charge in [0.2, 0.25) is 5.91 Å². The van der Waals surface area contributed by atoms with Crippen LogP contribution in [0.5, 0.6) is 0 Å². The van der Waals surface area contributed by atoms with Crippen LogP contribution in [0.1, 0.15) is 39.1 Å². The number of thiazole rings is 1. The summed E-state index contributed by atoms with van der Waals surface area (Å²) in [7, 11) is 0. The van der Waals surface area contributed by atoms with Crippen LogP contribution >= 0.6 is 11.3 Å². The van der Waals surface area contributed by atoms with Crippen molar-refractivity contribution in [2.24, 2.45) is 5.73 Å². The summed E-state index contributed by atoms with van der Waals surface area (Å²) in [5.74, 6) is -0.672. The van der Waals surface area contributed by atoms with Crippen molar-refractivity contribution in [3.05, 3.63) is 53.1 Å². The van der Waals surface area contributed by atoms with Crippen LogP contribution in [0.25, 0.3) is 10.2 Å². The number of nitrogens with two attached hydrogens (primary N) is 1. The molecule has 1 aliphatic rings. The van der Waals surface area contributed by atoms with Gasteiger partial charge in [-0.3, -0.25) is 14.9 Å². The SMILES string of the molecule is Cc1ccc(C(=O)Nc2nc3ccc(C(N)=O)cc3s2)cc1N1CCCC1. The molecule has 3 aromatic rings. The van der Waals surface area contributed by atoms with Gasteiger partial charge in [0.05, 0.1) is 10.2 Å². The Bertz CT molecular complexity index is 1040. The number of benzene rings is 2. The molecule has 2 heterocycles. The van der Waals surface area contributed by atoms with Gasteiger partial charge in [0.25, 0.3) is 5.91 Å². The number of aryl methyl sites for hydroxylation is 1. The first kappa shape index (κ1) is 17.5. The molecule has 1 aliphatic heterocycles. The Morgan fingerprint density at radius 1 is 1.11 bits per heavy atom. The summed E-state index contributed by atoms with van der Waals surface area (Å²) in [6.45, 7) is 4.14. The van der Waals surface area contributed by atoms with Crippen molar-refractivity contribution < 1.29 is 9.59 Å². The molecule has 1 aromatic heterocycles. The average molecular weight is 380 g/mol. The smallest absolute Gasteiger partial charge is 0.257 e. The third-order valence-electron chi connectivity index (χ3n) is 4.81. The van der Waals surface area contributed by atoms with E-state index >= 15 is 0 Å². The van der Waals surface area contributed by atoms with Crippen LogP contribution in [0.2, 0.25) is 0 Å². The third kappa shape index (κ3) is 3.50. The zero-order chi connectivity index (χ0) is 19.0. The van der Waals surface area contributed by atoms with E-state index in [-0.39, 0.29) is 5.91 Å². The Morgan fingerprint density at radius 2 is 1.85 bits per heavy atom. The first-order valence-electron chi connectivity index (χ1n) is 8.88. The number of rotatable bonds is 4. The zero-order valence-electron chi connectivity index (χ0n) is 15.0. The van der Waals surface area contributed by atoms with Gasteiger partial charge in [-0.1, -0.05) is 17.4 Å². The van der Waals surface area contributed by atoms with Crippen LogP contribution < -0.4 is 16.0 Å². The molecule has 0 spiro atoms. The van der Waals surface area contributed by atoms with Crippen molar-refractivity contribution in [2.45, 2.75) is 19.8 Å². The summed E-state index contributed by atoms with van der Waals surface area (Å²) in [4.78, 5) is 30.8. The van der Waals surface area contributed by atoms with Gasteiger partial charge in [0, 0.05) is 29.9 Å². The first-order valence-corrected chi connectivity index (χ1v) is 9.70. The molecule has 0 unspecified atom stereocenters. The molecule has 2 aromatic carbocycles. The molecule has 0 atom stereocenters. The molecular weight excluding hydrogens is 360 g/mol. The lowest BCUT2D eigenvalue weighted by atomic mass is 10.1. The number of fused-ring (bicyclic) bond motifs is 1. The Labute approximate surface area is 161 Å². The Balaban J connectivity index is 1.57. The standard InChI is InChI=1S/C20H20N4O2S/c1-12-4-5-14(10-16(12)24-8-2-3-9-24)19(26)23-20-22-15-7-6-13(18(21)25)11-17(15)27-20/h4-7,10-11H,2-3,8-9H2,1H3,(H2,21,25)(H,22,23,26). The van der Waals surface area contributed by atoms with E-state index in [0.29, 0.717) is 16.3 Å². The van der Waals surface area contributed by atoms with Crippen LogP contribution in [-0.4, -0.2) is 29.9 Å². The molecule has 0 aliphatic carbocycles.